The Morgan fingerprint density at radius 3 is 2.64 bits per heavy atom. The largest absolute Gasteiger partial charge is 0.461 e. The Labute approximate surface area is 265 Å². The predicted molar refractivity (Wildman–Crippen MR) is 177 cm³/mol. The van der Waals surface area contributed by atoms with Crippen LogP contribution in [0.4, 0.5) is 11.5 Å². The van der Waals surface area contributed by atoms with Crippen LogP contribution in [0.3, 0.4) is 0 Å². The number of halogens is 1. The maximum absolute atomic E-state index is 12.7. The van der Waals surface area contributed by atoms with Crippen LogP contribution >= 0.6 is 11.6 Å². The number of sulfone groups is 1. The fraction of sp³-hybridized carbons (Fsp3) is 0.515. The number of hydrogen-bond acceptors (Lipinski definition) is 9. The quantitative estimate of drug-likeness (QED) is 0.247. The molecule has 2 saturated heterocycles. The number of hydrogen-bond donors (Lipinski definition) is 0. The summed E-state index contributed by atoms with van der Waals surface area (Å²) in [6.07, 6.45) is 6.93. The second-order valence-corrected chi connectivity index (χ2v) is 14.5. The standard InChI is InChI=1S/C33H42ClN5O4S/c1-3-42-20-8-21-44(40,41)22-19-37(2)31-26-13-18-38(29-12-5-10-25-9-4-11-27(34)30(25)29)23-28(26)35-32(36-31)43-24-33-14-6-16-39(33)17-7-15-33/h4-5,8-12,21H,3,6-7,13-20,22-24H2,1-2H3/b21-8+. The van der Waals surface area contributed by atoms with Gasteiger partial charge in [0.05, 0.1) is 35.2 Å². The number of nitrogens with zero attached hydrogens (tertiary/aromatic N) is 5. The van der Waals surface area contributed by atoms with E-state index in [2.05, 4.69) is 34.1 Å². The van der Waals surface area contributed by atoms with Gasteiger partial charge in [0, 0.05) is 48.8 Å². The second kappa shape index (κ2) is 13.2. The minimum atomic E-state index is -3.40. The fourth-order valence-electron chi connectivity index (χ4n) is 6.98. The molecule has 3 aromatic rings. The number of rotatable bonds is 12. The molecule has 2 fully saturated rings. The summed E-state index contributed by atoms with van der Waals surface area (Å²) < 4.78 is 37.1. The van der Waals surface area contributed by atoms with E-state index in [4.69, 9.17) is 31.0 Å². The molecule has 1 aromatic heterocycles. The molecule has 0 atom stereocenters. The highest BCUT2D eigenvalue weighted by Gasteiger charge is 2.45. The first-order valence-corrected chi connectivity index (χ1v) is 17.8. The third kappa shape index (κ3) is 6.54. The predicted octanol–water partition coefficient (Wildman–Crippen LogP) is 5.25. The van der Waals surface area contributed by atoms with Crippen LogP contribution in [-0.2, 0) is 27.5 Å². The van der Waals surface area contributed by atoms with Gasteiger partial charge in [-0.05, 0) is 75.7 Å². The van der Waals surface area contributed by atoms with Crippen molar-refractivity contribution in [2.24, 2.45) is 0 Å². The van der Waals surface area contributed by atoms with E-state index in [0.717, 1.165) is 77.5 Å². The first-order valence-electron chi connectivity index (χ1n) is 15.7. The van der Waals surface area contributed by atoms with Crippen molar-refractivity contribution in [3.8, 4) is 6.01 Å². The molecule has 0 amide bonds. The maximum Gasteiger partial charge on any atom is 0.318 e. The van der Waals surface area contributed by atoms with E-state index in [1.807, 2.05) is 31.0 Å². The number of benzene rings is 2. The highest BCUT2D eigenvalue weighted by Crippen LogP contribution is 2.40. The van der Waals surface area contributed by atoms with Crippen molar-refractivity contribution in [3.63, 3.8) is 0 Å². The second-order valence-electron chi connectivity index (χ2n) is 12.1. The summed E-state index contributed by atoms with van der Waals surface area (Å²) in [5.41, 5.74) is 3.08. The van der Waals surface area contributed by atoms with Gasteiger partial charge in [0.15, 0.2) is 9.84 Å². The molecule has 9 nitrogen and oxygen atoms in total. The van der Waals surface area contributed by atoms with Gasteiger partial charge in [-0.3, -0.25) is 4.90 Å². The van der Waals surface area contributed by atoms with Crippen LogP contribution in [-0.4, -0.2) is 87.6 Å². The fourth-order valence-corrected chi connectivity index (χ4v) is 8.30. The van der Waals surface area contributed by atoms with Crippen molar-refractivity contribution in [1.82, 2.24) is 14.9 Å². The molecule has 0 aliphatic carbocycles. The average molecular weight is 640 g/mol. The Hall–Kier alpha value is -2.92. The molecular weight excluding hydrogens is 598 g/mol. The van der Waals surface area contributed by atoms with Gasteiger partial charge in [-0.15, -0.1) is 0 Å². The molecule has 3 aliphatic rings. The molecule has 0 unspecified atom stereocenters. The Bertz CT molecular complexity index is 1620. The van der Waals surface area contributed by atoms with Crippen LogP contribution in [0.15, 0.2) is 47.9 Å². The van der Waals surface area contributed by atoms with Crippen LogP contribution in [0.2, 0.25) is 5.02 Å². The van der Waals surface area contributed by atoms with Gasteiger partial charge in [0.25, 0.3) is 0 Å². The van der Waals surface area contributed by atoms with E-state index in [0.29, 0.717) is 32.3 Å². The van der Waals surface area contributed by atoms with Gasteiger partial charge in [0.1, 0.15) is 12.4 Å². The lowest BCUT2D eigenvalue weighted by Gasteiger charge is -2.34. The van der Waals surface area contributed by atoms with Crippen molar-refractivity contribution >= 4 is 43.7 Å². The molecular formula is C33H42ClN5O4S. The van der Waals surface area contributed by atoms with E-state index < -0.39 is 9.84 Å². The Morgan fingerprint density at radius 1 is 1.09 bits per heavy atom. The van der Waals surface area contributed by atoms with Gasteiger partial charge in [0.2, 0.25) is 0 Å². The molecule has 6 rings (SSSR count). The molecule has 0 bridgehead atoms. The van der Waals surface area contributed by atoms with Crippen LogP contribution in [0, 0.1) is 0 Å². The van der Waals surface area contributed by atoms with Crippen molar-refractivity contribution in [3.05, 3.63) is 64.2 Å². The normalized spacial score (nSPS) is 18.2. The lowest BCUT2D eigenvalue weighted by Crippen LogP contribution is -2.43. The summed E-state index contributed by atoms with van der Waals surface area (Å²) in [4.78, 5) is 16.7. The van der Waals surface area contributed by atoms with Crippen LogP contribution in [0.5, 0.6) is 6.01 Å². The number of anilines is 2. The van der Waals surface area contributed by atoms with Crippen molar-refractivity contribution in [1.29, 1.82) is 0 Å². The highest BCUT2D eigenvalue weighted by molar-refractivity contribution is 7.94. The molecule has 236 valence electrons. The lowest BCUT2D eigenvalue weighted by atomic mass is 9.95. The van der Waals surface area contributed by atoms with Crippen molar-refractivity contribution in [2.45, 2.75) is 51.1 Å². The first-order chi connectivity index (χ1) is 21.3. The van der Waals surface area contributed by atoms with E-state index >= 15 is 0 Å². The zero-order chi connectivity index (χ0) is 30.7. The maximum atomic E-state index is 12.7. The third-order valence-corrected chi connectivity index (χ3v) is 10.9. The monoisotopic (exact) mass is 639 g/mol. The van der Waals surface area contributed by atoms with Gasteiger partial charge in [-0.2, -0.15) is 9.97 Å². The van der Waals surface area contributed by atoms with Gasteiger partial charge < -0.3 is 19.3 Å². The minimum absolute atomic E-state index is 0.0280. The van der Waals surface area contributed by atoms with E-state index in [-0.39, 0.29) is 17.9 Å². The smallest absolute Gasteiger partial charge is 0.318 e. The van der Waals surface area contributed by atoms with Crippen LogP contribution < -0.4 is 14.5 Å². The number of ether oxygens (including phenoxy) is 2. The Balaban J connectivity index is 1.28. The molecule has 0 radical (unpaired) electrons. The molecule has 2 aromatic carbocycles. The first kappa shape index (κ1) is 31.1. The van der Waals surface area contributed by atoms with E-state index in [1.165, 1.54) is 18.2 Å². The molecule has 0 saturated carbocycles. The zero-order valence-electron chi connectivity index (χ0n) is 25.7. The molecule has 11 heteroatoms. The summed E-state index contributed by atoms with van der Waals surface area (Å²) in [5.74, 6) is 0.709. The lowest BCUT2D eigenvalue weighted by molar-refractivity contribution is 0.107. The Kier molecular flexibility index (Phi) is 9.33. The van der Waals surface area contributed by atoms with Gasteiger partial charge in [-0.1, -0.05) is 35.9 Å². The Morgan fingerprint density at radius 2 is 1.86 bits per heavy atom. The van der Waals surface area contributed by atoms with E-state index in [9.17, 15) is 8.42 Å². The summed E-state index contributed by atoms with van der Waals surface area (Å²) in [6, 6.07) is 12.6. The number of fused-ring (bicyclic) bond motifs is 3. The molecule has 3 aliphatic heterocycles. The van der Waals surface area contributed by atoms with Gasteiger partial charge >= 0.3 is 6.01 Å². The minimum Gasteiger partial charge on any atom is -0.461 e. The number of aromatic nitrogens is 2. The van der Waals surface area contributed by atoms with E-state index in [1.54, 1.807) is 6.08 Å². The van der Waals surface area contributed by atoms with Crippen molar-refractivity contribution in [2.75, 3.05) is 68.6 Å². The van der Waals surface area contributed by atoms with Crippen molar-refractivity contribution < 1.29 is 17.9 Å². The van der Waals surface area contributed by atoms with Gasteiger partial charge in [-0.25, -0.2) is 8.42 Å². The molecule has 0 spiro atoms. The SMILES string of the molecule is CCOC/C=C/S(=O)(=O)CCN(C)c1nc(OCC23CCCN2CCC3)nc2c1CCN(c1cccc3cccc(Cl)c13)C2. The van der Waals surface area contributed by atoms with Crippen LogP contribution in [0.25, 0.3) is 10.8 Å². The molecule has 0 N–H and O–H groups in total. The van der Waals surface area contributed by atoms with Crippen LogP contribution in [0.1, 0.15) is 43.9 Å². The summed E-state index contributed by atoms with van der Waals surface area (Å²) in [6.45, 7) is 7.15. The summed E-state index contributed by atoms with van der Waals surface area (Å²) in [7, 11) is -1.50. The molecule has 4 heterocycles. The third-order valence-electron chi connectivity index (χ3n) is 9.27. The topological polar surface area (TPSA) is 88.1 Å². The molecule has 44 heavy (non-hydrogen) atoms. The average Bonchev–Trinajstić information content (AvgIpc) is 3.61. The highest BCUT2D eigenvalue weighted by atomic mass is 35.5. The summed E-state index contributed by atoms with van der Waals surface area (Å²) in [5, 5.41) is 4.11. The zero-order valence-corrected chi connectivity index (χ0v) is 27.2. The summed E-state index contributed by atoms with van der Waals surface area (Å²) >= 11 is 6.70.